The topological polar surface area (TPSA) is 58.8 Å². The monoisotopic (exact) mass is 429 g/mol. The molecule has 0 aliphatic heterocycles. The van der Waals surface area contributed by atoms with E-state index in [-0.39, 0.29) is 24.0 Å². The Labute approximate surface area is 154 Å². The van der Waals surface area contributed by atoms with Gasteiger partial charge in [-0.1, -0.05) is 24.3 Å². The second kappa shape index (κ2) is 11.1. The molecule has 0 amide bonds. The summed E-state index contributed by atoms with van der Waals surface area (Å²) in [5, 5.41) is 6.57. The number of hydrogen-bond acceptors (Lipinski definition) is 3. The molecule has 126 valence electrons. The van der Waals surface area contributed by atoms with Crippen molar-refractivity contribution in [3.63, 3.8) is 0 Å². The second-order valence-electron chi connectivity index (χ2n) is 4.93. The normalized spacial score (nSPS) is 11.0. The molecular formula is C17H24IN3O2. The second-order valence-corrected chi connectivity index (χ2v) is 4.93. The number of hydrogen-bond donors (Lipinski definition) is 2. The van der Waals surface area contributed by atoms with E-state index in [9.17, 15) is 0 Å². The summed E-state index contributed by atoms with van der Waals surface area (Å²) in [6.45, 7) is 2.12. The number of nitrogens with zero attached hydrogens (tertiary/aromatic N) is 1. The molecule has 0 aliphatic rings. The first-order chi connectivity index (χ1) is 10.8. The Morgan fingerprint density at radius 1 is 1.17 bits per heavy atom. The predicted octanol–water partition coefficient (Wildman–Crippen LogP) is 2.95. The molecule has 0 saturated heterocycles. The molecule has 2 N–H and O–H groups in total. The van der Waals surface area contributed by atoms with E-state index in [1.54, 1.807) is 20.4 Å². The number of rotatable bonds is 7. The van der Waals surface area contributed by atoms with Gasteiger partial charge in [-0.15, -0.1) is 24.0 Å². The molecule has 0 saturated carbocycles. The first kappa shape index (κ1) is 19.5. The number of furan rings is 1. The minimum absolute atomic E-state index is 0. The summed E-state index contributed by atoms with van der Waals surface area (Å²) >= 11 is 0. The summed E-state index contributed by atoms with van der Waals surface area (Å²) in [7, 11) is 3.47. The third-order valence-electron chi connectivity index (χ3n) is 3.23. The molecule has 0 bridgehead atoms. The highest BCUT2D eigenvalue weighted by molar-refractivity contribution is 14.0. The van der Waals surface area contributed by atoms with Crippen LogP contribution in [0.25, 0.3) is 0 Å². The van der Waals surface area contributed by atoms with Gasteiger partial charge in [0.15, 0.2) is 5.96 Å². The highest BCUT2D eigenvalue weighted by atomic mass is 127. The molecule has 2 rings (SSSR count). The van der Waals surface area contributed by atoms with Gasteiger partial charge < -0.3 is 19.8 Å². The fourth-order valence-corrected chi connectivity index (χ4v) is 2.16. The number of benzene rings is 1. The van der Waals surface area contributed by atoms with Crippen LogP contribution in [0.15, 0.2) is 52.1 Å². The van der Waals surface area contributed by atoms with Crippen LogP contribution >= 0.6 is 24.0 Å². The number of ether oxygens (including phenoxy) is 1. The lowest BCUT2D eigenvalue weighted by molar-refractivity contribution is 0.185. The Morgan fingerprint density at radius 3 is 2.70 bits per heavy atom. The summed E-state index contributed by atoms with van der Waals surface area (Å²) in [4.78, 5) is 4.22. The first-order valence-electron chi connectivity index (χ1n) is 7.35. The van der Waals surface area contributed by atoms with Crippen molar-refractivity contribution in [3.05, 3.63) is 59.5 Å². The van der Waals surface area contributed by atoms with Crippen LogP contribution in [0.3, 0.4) is 0 Å². The number of methoxy groups -OCH3 is 1. The summed E-state index contributed by atoms with van der Waals surface area (Å²) in [6.07, 6.45) is 2.52. The number of guanidine groups is 1. The molecule has 0 aliphatic carbocycles. The third kappa shape index (κ3) is 7.04. The highest BCUT2D eigenvalue weighted by Crippen LogP contribution is 2.06. The minimum atomic E-state index is 0. The van der Waals surface area contributed by atoms with Gasteiger partial charge in [0.05, 0.1) is 12.9 Å². The maximum atomic E-state index is 5.30. The lowest BCUT2D eigenvalue weighted by Crippen LogP contribution is -2.37. The van der Waals surface area contributed by atoms with Crippen LogP contribution in [-0.2, 0) is 24.3 Å². The molecule has 5 nitrogen and oxygen atoms in total. The Kier molecular flexibility index (Phi) is 9.39. The molecule has 1 heterocycles. The number of nitrogens with one attached hydrogen (secondary N) is 2. The van der Waals surface area contributed by atoms with Gasteiger partial charge in [-0.05, 0) is 23.3 Å². The molecule has 1 aromatic heterocycles. The Hall–Kier alpha value is -1.54. The fourth-order valence-electron chi connectivity index (χ4n) is 2.16. The van der Waals surface area contributed by atoms with Gasteiger partial charge in [0.1, 0.15) is 5.76 Å². The van der Waals surface area contributed by atoms with Gasteiger partial charge in [-0.25, -0.2) is 0 Å². The molecule has 0 fully saturated rings. The summed E-state index contributed by atoms with van der Waals surface area (Å²) in [6, 6.07) is 12.2. The van der Waals surface area contributed by atoms with Crippen molar-refractivity contribution in [2.75, 3.05) is 20.7 Å². The van der Waals surface area contributed by atoms with Crippen LogP contribution in [0.2, 0.25) is 0 Å². The summed E-state index contributed by atoms with van der Waals surface area (Å²) < 4.78 is 10.5. The van der Waals surface area contributed by atoms with Gasteiger partial charge in [-0.2, -0.15) is 0 Å². The van der Waals surface area contributed by atoms with Crippen LogP contribution < -0.4 is 10.6 Å². The number of halogens is 1. The van der Waals surface area contributed by atoms with Gasteiger partial charge >= 0.3 is 0 Å². The average molecular weight is 429 g/mol. The highest BCUT2D eigenvalue weighted by Gasteiger charge is 2.01. The van der Waals surface area contributed by atoms with Crippen LogP contribution in [0.1, 0.15) is 16.9 Å². The SMILES string of the molecule is CN=C(NCCc1ccco1)NCc1cccc(COC)c1.I. The Morgan fingerprint density at radius 2 is 2.00 bits per heavy atom. The molecule has 6 heteroatoms. The zero-order valence-corrected chi connectivity index (χ0v) is 15.9. The molecule has 0 radical (unpaired) electrons. The predicted molar refractivity (Wildman–Crippen MR) is 103 cm³/mol. The van der Waals surface area contributed by atoms with E-state index in [1.165, 1.54) is 11.1 Å². The van der Waals surface area contributed by atoms with Gasteiger partial charge in [0.2, 0.25) is 0 Å². The molecular weight excluding hydrogens is 405 g/mol. The molecule has 23 heavy (non-hydrogen) atoms. The minimum Gasteiger partial charge on any atom is -0.469 e. The Bertz CT molecular complexity index is 585. The standard InChI is InChI=1S/C17H23N3O2.HI/c1-18-17(19-9-8-16-7-4-10-22-16)20-12-14-5-3-6-15(11-14)13-21-2;/h3-7,10-11H,8-9,12-13H2,1-2H3,(H2,18,19,20);1H. The number of aliphatic imine (C=N–C) groups is 1. The van der Waals surface area contributed by atoms with Crippen molar-refractivity contribution >= 4 is 29.9 Å². The zero-order chi connectivity index (χ0) is 15.6. The van der Waals surface area contributed by atoms with E-state index in [1.807, 2.05) is 18.2 Å². The van der Waals surface area contributed by atoms with Gasteiger partial charge in [-0.3, -0.25) is 4.99 Å². The average Bonchev–Trinajstić information content (AvgIpc) is 3.05. The van der Waals surface area contributed by atoms with Crippen molar-refractivity contribution in [1.82, 2.24) is 10.6 Å². The lowest BCUT2D eigenvalue weighted by atomic mass is 10.1. The third-order valence-corrected chi connectivity index (χ3v) is 3.23. The van der Waals surface area contributed by atoms with E-state index in [0.29, 0.717) is 6.61 Å². The Balaban J connectivity index is 0.00000264. The molecule has 1 aromatic carbocycles. The zero-order valence-electron chi connectivity index (χ0n) is 13.5. The van der Waals surface area contributed by atoms with E-state index >= 15 is 0 Å². The quantitative estimate of drug-likeness (QED) is 0.404. The van der Waals surface area contributed by atoms with Crippen molar-refractivity contribution in [2.24, 2.45) is 4.99 Å². The summed E-state index contributed by atoms with van der Waals surface area (Å²) in [5.74, 6) is 1.75. The van der Waals surface area contributed by atoms with E-state index < -0.39 is 0 Å². The largest absolute Gasteiger partial charge is 0.469 e. The molecule has 2 aromatic rings. The van der Waals surface area contributed by atoms with Gasteiger partial charge in [0, 0.05) is 33.7 Å². The van der Waals surface area contributed by atoms with Crippen LogP contribution in [0, 0.1) is 0 Å². The van der Waals surface area contributed by atoms with Crippen LogP contribution in [0.5, 0.6) is 0 Å². The maximum Gasteiger partial charge on any atom is 0.191 e. The molecule has 0 unspecified atom stereocenters. The van der Waals surface area contributed by atoms with E-state index in [2.05, 4.69) is 33.8 Å². The lowest BCUT2D eigenvalue weighted by Gasteiger charge is -2.12. The van der Waals surface area contributed by atoms with Crippen molar-refractivity contribution in [2.45, 2.75) is 19.6 Å². The van der Waals surface area contributed by atoms with Gasteiger partial charge in [0.25, 0.3) is 0 Å². The molecule has 0 spiro atoms. The van der Waals surface area contributed by atoms with Crippen LogP contribution in [-0.4, -0.2) is 26.7 Å². The van der Waals surface area contributed by atoms with Crippen molar-refractivity contribution < 1.29 is 9.15 Å². The maximum absolute atomic E-state index is 5.30. The van der Waals surface area contributed by atoms with Crippen LogP contribution in [0.4, 0.5) is 0 Å². The van der Waals surface area contributed by atoms with E-state index in [0.717, 1.165) is 31.2 Å². The first-order valence-corrected chi connectivity index (χ1v) is 7.35. The fraction of sp³-hybridized carbons (Fsp3) is 0.353. The smallest absolute Gasteiger partial charge is 0.191 e. The van der Waals surface area contributed by atoms with E-state index in [4.69, 9.17) is 9.15 Å². The van der Waals surface area contributed by atoms with Crippen molar-refractivity contribution in [3.8, 4) is 0 Å². The molecule has 0 atom stereocenters. The summed E-state index contributed by atoms with van der Waals surface area (Å²) in [5.41, 5.74) is 2.37. The van der Waals surface area contributed by atoms with Crippen molar-refractivity contribution in [1.29, 1.82) is 0 Å².